The highest BCUT2D eigenvalue weighted by Gasteiger charge is 2.52. The van der Waals surface area contributed by atoms with Crippen LogP contribution in [0.2, 0.25) is 0 Å². The summed E-state index contributed by atoms with van der Waals surface area (Å²) in [6.07, 6.45) is 6.24. The van der Waals surface area contributed by atoms with E-state index in [4.69, 9.17) is 4.74 Å². The SMILES string of the molecule is CCOC(=O)c1cnn2ccc(N3CC4(CC4)CN3c3cc(F)c[nH]c3=O)nc12. The highest BCUT2D eigenvalue weighted by atomic mass is 19.1. The van der Waals surface area contributed by atoms with Crippen molar-refractivity contribution in [1.82, 2.24) is 19.6 Å². The summed E-state index contributed by atoms with van der Waals surface area (Å²) in [4.78, 5) is 31.6. The van der Waals surface area contributed by atoms with Crippen LogP contribution in [-0.2, 0) is 4.74 Å². The zero-order chi connectivity index (χ0) is 20.2. The van der Waals surface area contributed by atoms with Crippen LogP contribution in [0.1, 0.15) is 30.1 Å². The van der Waals surface area contributed by atoms with Gasteiger partial charge < -0.3 is 9.72 Å². The van der Waals surface area contributed by atoms with E-state index in [0.29, 0.717) is 24.6 Å². The van der Waals surface area contributed by atoms with E-state index in [9.17, 15) is 14.0 Å². The molecule has 3 aromatic rings. The Hall–Kier alpha value is -3.43. The molecule has 0 radical (unpaired) electrons. The number of anilines is 2. The van der Waals surface area contributed by atoms with E-state index >= 15 is 0 Å². The van der Waals surface area contributed by atoms with Gasteiger partial charge in [0.2, 0.25) is 0 Å². The third-order valence-corrected chi connectivity index (χ3v) is 5.46. The Morgan fingerprint density at radius 3 is 2.90 bits per heavy atom. The number of hydrazine groups is 1. The molecule has 3 aromatic heterocycles. The van der Waals surface area contributed by atoms with E-state index in [-0.39, 0.29) is 28.8 Å². The van der Waals surface area contributed by atoms with Crippen LogP contribution in [-0.4, -0.2) is 45.2 Å². The minimum absolute atomic E-state index is 0.0662. The maximum atomic E-state index is 13.8. The van der Waals surface area contributed by atoms with Gasteiger partial charge in [0.05, 0.1) is 12.8 Å². The molecule has 29 heavy (non-hydrogen) atoms. The van der Waals surface area contributed by atoms with Crippen LogP contribution in [0.3, 0.4) is 0 Å². The van der Waals surface area contributed by atoms with Gasteiger partial charge in [-0.15, -0.1) is 0 Å². The van der Waals surface area contributed by atoms with Gasteiger partial charge in [0.15, 0.2) is 11.5 Å². The Morgan fingerprint density at radius 1 is 1.34 bits per heavy atom. The molecule has 2 fully saturated rings. The normalized spacial score (nSPS) is 17.3. The second-order valence-electron chi connectivity index (χ2n) is 7.48. The lowest BCUT2D eigenvalue weighted by atomic mass is 10.1. The minimum Gasteiger partial charge on any atom is -0.462 e. The molecule has 150 valence electrons. The van der Waals surface area contributed by atoms with Crippen molar-refractivity contribution in [1.29, 1.82) is 0 Å². The lowest BCUT2D eigenvalue weighted by Gasteiger charge is -2.29. The Labute approximate surface area is 164 Å². The molecule has 10 heteroatoms. The Morgan fingerprint density at radius 2 is 2.14 bits per heavy atom. The molecule has 4 heterocycles. The number of ether oxygens (including phenoxy) is 1. The summed E-state index contributed by atoms with van der Waals surface area (Å²) >= 11 is 0. The number of aromatic nitrogens is 4. The summed E-state index contributed by atoms with van der Waals surface area (Å²) in [6.45, 7) is 3.25. The number of esters is 1. The van der Waals surface area contributed by atoms with Crippen molar-refractivity contribution in [2.24, 2.45) is 5.41 Å². The van der Waals surface area contributed by atoms with E-state index in [2.05, 4.69) is 15.1 Å². The average molecular weight is 398 g/mol. The molecule has 1 aliphatic heterocycles. The van der Waals surface area contributed by atoms with Crippen LogP contribution >= 0.6 is 0 Å². The van der Waals surface area contributed by atoms with E-state index in [1.54, 1.807) is 24.2 Å². The molecule has 1 saturated heterocycles. The Balaban J connectivity index is 1.58. The highest BCUT2D eigenvalue weighted by molar-refractivity contribution is 5.95. The first kappa shape index (κ1) is 17.7. The fourth-order valence-electron chi connectivity index (χ4n) is 3.76. The number of hydrogen-bond acceptors (Lipinski definition) is 7. The Kier molecular flexibility index (Phi) is 3.83. The van der Waals surface area contributed by atoms with Gasteiger partial charge in [-0.3, -0.25) is 14.8 Å². The summed E-state index contributed by atoms with van der Waals surface area (Å²) in [6, 6.07) is 2.99. The molecule has 9 nitrogen and oxygen atoms in total. The minimum atomic E-state index is -0.514. The van der Waals surface area contributed by atoms with Crippen LogP contribution in [0.5, 0.6) is 0 Å². The third kappa shape index (κ3) is 2.91. The molecule has 0 unspecified atom stereocenters. The number of carbonyl (C=O) groups is 1. The first-order chi connectivity index (χ1) is 14.0. The van der Waals surface area contributed by atoms with Crippen molar-refractivity contribution in [3.8, 4) is 0 Å². The molecule has 0 aromatic carbocycles. The van der Waals surface area contributed by atoms with Crippen molar-refractivity contribution in [3.05, 3.63) is 52.5 Å². The molecule has 0 bridgehead atoms. The molecular weight excluding hydrogens is 379 g/mol. The van der Waals surface area contributed by atoms with E-state index in [0.717, 1.165) is 19.0 Å². The summed E-state index contributed by atoms with van der Waals surface area (Å²) in [7, 11) is 0. The molecule has 5 rings (SSSR count). The van der Waals surface area contributed by atoms with E-state index in [1.807, 2.05) is 5.01 Å². The number of pyridine rings is 1. The number of fused-ring (bicyclic) bond motifs is 1. The topological polar surface area (TPSA) is 95.8 Å². The lowest BCUT2D eigenvalue weighted by molar-refractivity contribution is 0.0528. The zero-order valence-electron chi connectivity index (χ0n) is 15.8. The predicted molar refractivity (Wildman–Crippen MR) is 102 cm³/mol. The predicted octanol–water partition coefficient (Wildman–Crippen LogP) is 1.76. The van der Waals surface area contributed by atoms with Crippen LogP contribution in [0, 0.1) is 11.2 Å². The van der Waals surface area contributed by atoms with Crippen LogP contribution in [0.4, 0.5) is 15.9 Å². The monoisotopic (exact) mass is 398 g/mol. The number of rotatable bonds is 4. The second-order valence-corrected chi connectivity index (χ2v) is 7.48. The van der Waals surface area contributed by atoms with Crippen molar-refractivity contribution in [2.75, 3.05) is 29.7 Å². The highest BCUT2D eigenvalue weighted by Crippen LogP contribution is 2.52. The molecule has 0 atom stereocenters. The maximum Gasteiger partial charge on any atom is 0.343 e. The van der Waals surface area contributed by atoms with Gasteiger partial charge in [-0.25, -0.2) is 18.7 Å². The van der Waals surface area contributed by atoms with Gasteiger partial charge in [-0.2, -0.15) is 5.10 Å². The average Bonchev–Trinajstić information content (AvgIpc) is 3.16. The number of carbonyl (C=O) groups excluding carboxylic acids is 1. The van der Waals surface area contributed by atoms with Crippen molar-refractivity contribution in [3.63, 3.8) is 0 Å². The molecule has 1 N–H and O–H groups in total. The van der Waals surface area contributed by atoms with Gasteiger partial charge in [-0.05, 0) is 19.8 Å². The third-order valence-electron chi connectivity index (χ3n) is 5.46. The standard InChI is InChI=1S/C19H19FN6O3/c1-2-29-18(28)13-9-22-24-6-3-15(23-16(13)24)26-11-19(4-5-19)10-25(26)14-7-12(20)8-21-17(14)27/h3,6-9H,2,4-5,10-11H2,1H3,(H,21,27). The summed E-state index contributed by atoms with van der Waals surface area (Å²) in [5.41, 5.74) is 0.563. The zero-order valence-corrected chi connectivity index (χ0v) is 15.8. The Bertz CT molecular complexity index is 1170. The van der Waals surface area contributed by atoms with Crippen molar-refractivity contribution in [2.45, 2.75) is 19.8 Å². The quantitative estimate of drug-likeness (QED) is 0.669. The lowest BCUT2D eigenvalue weighted by Crippen LogP contribution is -2.40. The number of H-pyrrole nitrogens is 1. The van der Waals surface area contributed by atoms with Crippen molar-refractivity contribution < 1.29 is 13.9 Å². The van der Waals surface area contributed by atoms with Crippen molar-refractivity contribution >= 4 is 23.1 Å². The number of halogens is 1. The number of nitrogens with one attached hydrogen (secondary N) is 1. The number of nitrogens with zero attached hydrogens (tertiary/aromatic N) is 5. The van der Waals surface area contributed by atoms with Crippen LogP contribution in [0.25, 0.3) is 5.65 Å². The maximum absolute atomic E-state index is 13.8. The van der Waals surface area contributed by atoms with Gasteiger partial charge in [0.1, 0.15) is 17.1 Å². The molecule has 2 aliphatic rings. The fraction of sp³-hybridized carbons (Fsp3) is 0.368. The fourth-order valence-corrected chi connectivity index (χ4v) is 3.76. The number of hydrogen-bond donors (Lipinski definition) is 1. The first-order valence-electron chi connectivity index (χ1n) is 9.44. The molecule has 1 spiro atoms. The van der Waals surface area contributed by atoms with E-state index < -0.39 is 11.8 Å². The van der Waals surface area contributed by atoms with Gasteiger partial charge in [0.25, 0.3) is 5.56 Å². The molecule has 1 aliphatic carbocycles. The van der Waals surface area contributed by atoms with Gasteiger partial charge >= 0.3 is 5.97 Å². The second kappa shape index (κ2) is 6.29. The number of aromatic amines is 1. The van der Waals surface area contributed by atoms with Crippen LogP contribution < -0.4 is 15.6 Å². The molecule has 0 amide bonds. The van der Waals surface area contributed by atoms with Gasteiger partial charge in [-0.1, -0.05) is 0 Å². The first-order valence-corrected chi connectivity index (χ1v) is 9.44. The van der Waals surface area contributed by atoms with Crippen LogP contribution in [0.15, 0.2) is 35.5 Å². The summed E-state index contributed by atoms with van der Waals surface area (Å²) in [5, 5.41) is 7.80. The summed E-state index contributed by atoms with van der Waals surface area (Å²) in [5.74, 6) is -0.457. The summed E-state index contributed by atoms with van der Waals surface area (Å²) < 4.78 is 20.4. The van der Waals surface area contributed by atoms with Gasteiger partial charge in [0, 0.05) is 43.0 Å². The van der Waals surface area contributed by atoms with E-state index in [1.165, 1.54) is 16.8 Å². The smallest absolute Gasteiger partial charge is 0.343 e. The largest absolute Gasteiger partial charge is 0.462 e. The molecule has 1 saturated carbocycles. The molecular formula is C19H19FN6O3.